The minimum absolute atomic E-state index is 0.144. The number of carbonyl (C=O) groups excluding carboxylic acids is 1. The summed E-state index contributed by atoms with van der Waals surface area (Å²) in [7, 11) is -0.768. The van der Waals surface area contributed by atoms with E-state index in [1.165, 1.54) is 18.9 Å². The molecular weight excluding hydrogens is 205 g/mol. The molecule has 0 unspecified atom stereocenters. The van der Waals surface area contributed by atoms with Crippen LogP contribution in [-0.2, 0) is 18.4 Å². The number of amides is 1. The van der Waals surface area contributed by atoms with Gasteiger partial charge < -0.3 is 0 Å². The average Bonchev–Trinajstić information content (AvgIpc) is 2.42. The Balaban J connectivity index is 2.81. The molecule has 82 valence electrons. The van der Waals surface area contributed by atoms with Gasteiger partial charge in [-0.25, -0.2) is 9.24 Å². The van der Waals surface area contributed by atoms with Gasteiger partial charge in [-0.1, -0.05) is 6.42 Å². The molecule has 0 aliphatic carbocycles. The molecule has 1 rings (SSSR count). The van der Waals surface area contributed by atoms with Gasteiger partial charge in [0.15, 0.2) is 0 Å². The van der Waals surface area contributed by atoms with E-state index in [9.17, 15) is 9.36 Å². The molecule has 14 heavy (non-hydrogen) atoms. The summed E-state index contributed by atoms with van der Waals surface area (Å²) in [5, 5.41) is 0. The van der Waals surface area contributed by atoms with Gasteiger partial charge in [-0.2, -0.15) is 0 Å². The molecule has 1 heterocycles. The molecule has 0 aromatic carbocycles. The molecule has 0 saturated carbocycles. The van der Waals surface area contributed by atoms with Crippen LogP contribution in [0.5, 0.6) is 0 Å². The van der Waals surface area contributed by atoms with Gasteiger partial charge in [0.25, 0.3) is 0 Å². The third-order valence-electron chi connectivity index (χ3n) is 2.31. The Morgan fingerprint density at radius 3 is 2.43 bits per heavy atom. The first-order valence-electron chi connectivity index (χ1n) is 4.66. The largest absolute Gasteiger partial charge is 0.436 e. The lowest BCUT2D eigenvalue weighted by Crippen LogP contribution is -2.28. The fourth-order valence-corrected chi connectivity index (χ4v) is 2.80. The molecule has 0 N–H and O–H groups in total. The van der Waals surface area contributed by atoms with E-state index in [2.05, 4.69) is 0 Å². The maximum atomic E-state index is 11.9. The molecule has 1 aliphatic rings. The van der Waals surface area contributed by atoms with E-state index in [-0.39, 0.29) is 5.91 Å². The minimum atomic E-state index is -3.36. The predicted octanol–water partition coefficient (Wildman–Crippen LogP) is 1.79. The zero-order chi connectivity index (χ0) is 10.6. The van der Waals surface area contributed by atoms with Gasteiger partial charge in [0.05, 0.1) is 0 Å². The minimum Gasteiger partial charge on any atom is -0.295 e. The van der Waals surface area contributed by atoms with E-state index in [1.54, 1.807) is 0 Å². The number of carbonyl (C=O) groups is 1. The molecule has 0 aromatic heterocycles. The maximum absolute atomic E-state index is 11.9. The quantitative estimate of drug-likeness (QED) is 0.682. The zero-order valence-corrected chi connectivity index (χ0v) is 9.46. The zero-order valence-electron chi connectivity index (χ0n) is 8.56. The van der Waals surface area contributed by atoms with Crippen LogP contribution in [0.4, 0.5) is 0 Å². The van der Waals surface area contributed by atoms with Crippen molar-refractivity contribution in [3.63, 3.8) is 0 Å². The van der Waals surface area contributed by atoms with Crippen LogP contribution >= 0.6 is 7.75 Å². The van der Waals surface area contributed by atoms with Crippen molar-refractivity contribution in [2.75, 3.05) is 20.8 Å². The van der Waals surface area contributed by atoms with E-state index in [0.29, 0.717) is 13.0 Å². The van der Waals surface area contributed by atoms with Gasteiger partial charge >= 0.3 is 7.75 Å². The van der Waals surface area contributed by atoms with Crippen molar-refractivity contribution in [1.82, 2.24) is 4.67 Å². The van der Waals surface area contributed by atoms with Gasteiger partial charge in [-0.15, -0.1) is 0 Å². The van der Waals surface area contributed by atoms with E-state index in [0.717, 1.165) is 19.3 Å². The fraction of sp³-hybridized carbons (Fsp3) is 0.875. The lowest BCUT2D eigenvalue weighted by molar-refractivity contribution is -0.127. The molecule has 6 heteroatoms. The molecule has 0 radical (unpaired) electrons. The number of hydrogen-bond acceptors (Lipinski definition) is 4. The van der Waals surface area contributed by atoms with Crippen LogP contribution < -0.4 is 0 Å². The van der Waals surface area contributed by atoms with Crippen molar-refractivity contribution in [2.24, 2.45) is 0 Å². The maximum Gasteiger partial charge on any atom is 0.436 e. The highest BCUT2D eigenvalue weighted by molar-refractivity contribution is 7.52. The first-order valence-corrected chi connectivity index (χ1v) is 6.16. The Hall–Kier alpha value is -0.380. The summed E-state index contributed by atoms with van der Waals surface area (Å²) in [4.78, 5) is 11.6. The Morgan fingerprint density at radius 1 is 1.21 bits per heavy atom. The van der Waals surface area contributed by atoms with Crippen molar-refractivity contribution in [1.29, 1.82) is 0 Å². The molecule has 1 fully saturated rings. The standard InChI is InChI=1S/C8H16NO4P/c1-12-14(11,13-2)9-7-5-3-4-6-8(9)10/h3-7H2,1-2H3. The van der Waals surface area contributed by atoms with Crippen LogP contribution in [0.3, 0.4) is 0 Å². The molecular formula is C8H16NO4P. The Kier molecular flexibility index (Phi) is 4.11. The average molecular weight is 221 g/mol. The molecule has 0 aromatic rings. The van der Waals surface area contributed by atoms with Crippen molar-refractivity contribution in [3.8, 4) is 0 Å². The monoisotopic (exact) mass is 221 g/mol. The van der Waals surface area contributed by atoms with Gasteiger partial charge in [0, 0.05) is 27.2 Å². The molecule has 0 bridgehead atoms. The van der Waals surface area contributed by atoms with Gasteiger partial charge in [0.2, 0.25) is 5.91 Å². The highest BCUT2D eigenvalue weighted by Gasteiger charge is 2.35. The summed E-state index contributed by atoms with van der Waals surface area (Å²) >= 11 is 0. The van der Waals surface area contributed by atoms with E-state index in [1.807, 2.05) is 0 Å². The normalized spacial score (nSPS) is 19.6. The Morgan fingerprint density at radius 2 is 1.86 bits per heavy atom. The second-order valence-electron chi connectivity index (χ2n) is 3.16. The predicted molar refractivity (Wildman–Crippen MR) is 51.8 cm³/mol. The number of rotatable bonds is 3. The van der Waals surface area contributed by atoms with Crippen molar-refractivity contribution in [3.05, 3.63) is 0 Å². The summed E-state index contributed by atoms with van der Waals surface area (Å²) in [6.45, 7) is 0.456. The summed E-state index contributed by atoms with van der Waals surface area (Å²) in [6, 6.07) is 0. The molecule has 1 amide bonds. The molecule has 1 saturated heterocycles. The third-order valence-corrected chi connectivity index (χ3v) is 4.24. The number of hydrogen-bond donors (Lipinski definition) is 0. The van der Waals surface area contributed by atoms with Crippen molar-refractivity contribution < 1.29 is 18.4 Å². The fourth-order valence-electron chi connectivity index (χ4n) is 1.50. The van der Waals surface area contributed by atoms with Crippen LogP contribution in [0.25, 0.3) is 0 Å². The molecule has 1 aliphatic heterocycles. The van der Waals surface area contributed by atoms with Crippen LogP contribution in [0.15, 0.2) is 0 Å². The first kappa shape index (κ1) is 11.7. The Labute approximate surface area is 84.0 Å². The highest BCUT2D eigenvalue weighted by Crippen LogP contribution is 2.51. The second-order valence-corrected chi connectivity index (χ2v) is 5.31. The van der Waals surface area contributed by atoms with Gasteiger partial charge in [-0.05, 0) is 12.8 Å². The third kappa shape index (κ3) is 2.35. The summed E-state index contributed by atoms with van der Waals surface area (Å²) in [5.74, 6) is -0.144. The SMILES string of the molecule is COP(=O)(OC)N1CCCCCC1=O. The van der Waals surface area contributed by atoms with Crippen LogP contribution in [0.1, 0.15) is 25.7 Å². The van der Waals surface area contributed by atoms with E-state index in [4.69, 9.17) is 9.05 Å². The van der Waals surface area contributed by atoms with E-state index >= 15 is 0 Å². The van der Waals surface area contributed by atoms with Crippen molar-refractivity contribution in [2.45, 2.75) is 25.7 Å². The lowest BCUT2D eigenvalue weighted by Gasteiger charge is -2.26. The van der Waals surface area contributed by atoms with Gasteiger partial charge in [0.1, 0.15) is 0 Å². The molecule has 0 spiro atoms. The first-order chi connectivity index (χ1) is 6.64. The van der Waals surface area contributed by atoms with Crippen LogP contribution in [-0.4, -0.2) is 31.3 Å². The number of nitrogens with zero attached hydrogens (tertiary/aromatic N) is 1. The lowest BCUT2D eigenvalue weighted by atomic mass is 10.2. The van der Waals surface area contributed by atoms with Gasteiger partial charge in [-0.3, -0.25) is 13.8 Å². The van der Waals surface area contributed by atoms with Crippen molar-refractivity contribution >= 4 is 13.7 Å². The topological polar surface area (TPSA) is 55.8 Å². The highest BCUT2D eigenvalue weighted by atomic mass is 31.2. The second kappa shape index (κ2) is 4.91. The van der Waals surface area contributed by atoms with Crippen LogP contribution in [0.2, 0.25) is 0 Å². The smallest absolute Gasteiger partial charge is 0.295 e. The summed E-state index contributed by atoms with van der Waals surface area (Å²) < 4.78 is 22.7. The summed E-state index contributed by atoms with van der Waals surface area (Å²) in [6.07, 6.45) is 3.11. The summed E-state index contributed by atoms with van der Waals surface area (Å²) in [5.41, 5.74) is 0. The molecule has 5 nitrogen and oxygen atoms in total. The van der Waals surface area contributed by atoms with E-state index < -0.39 is 7.75 Å². The Bertz CT molecular complexity index is 248. The molecule has 0 atom stereocenters. The van der Waals surface area contributed by atoms with Crippen LogP contribution in [0, 0.1) is 0 Å².